The van der Waals surface area contributed by atoms with Crippen molar-refractivity contribution < 1.29 is 14.7 Å². The number of nitrogens with one attached hydrogen (secondary N) is 1. The number of carboxylic acids is 1. The van der Waals surface area contributed by atoms with Gasteiger partial charge in [0.25, 0.3) is 0 Å². The maximum absolute atomic E-state index is 10.8. The van der Waals surface area contributed by atoms with E-state index in [1.54, 1.807) is 0 Å². The molecule has 4 nitrogen and oxygen atoms in total. The van der Waals surface area contributed by atoms with Crippen LogP contribution in [0.5, 0.6) is 0 Å². The normalized spacial score (nSPS) is 12.3. The van der Waals surface area contributed by atoms with E-state index in [2.05, 4.69) is 5.48 Å². The fourth-order valence-corrected chi connectivity index (χ4v) is 1.32. The van der Waals surface area contributed by atoms with Gasteiger partial charge in [-0.2, -0.15) is 5.48 Å². The van der Waals surface area contributed by atoms with E-state index in [0.717, 1.165) is 12.0 Å². The van der Waals surface area contributed by atoms with Gasteiger partial charge in [0.2, 0.25) is 0 Å². The fraction of sp³-hybridized carbons (Fsp3) is 0.417. The van der Waals surface area contributed by atoms with Gasteiger partial charge < -0.3 is 5.11 Å². The number of carbonyl (C=O) groups is 1. The summed E-state index contributed by atoms with van der Waals surface area (Å²) in [5, 5.41) is 8.86. The van der Waals surface area contributed by atoms with Crippen LogP contribution < -0.4 is 5.48 Å². The fourth-order valence-electron chi connectivity index (χ4n) is 1.32. The van der Waals surface area contributed by atoms with Crippen LogP contribution in [0.2, 0.25) is 0 Å². The molecule has 1 aromatic carbocycles. The topological polar surface area (TPSA) is 58.6 Å². The van der Waals surface area contributed by atoms with E-state index in [1.807, 2.05) is 37.3 Å². The lowest BCUT2D eigenvalue weighted by molar-refractivity contribution is -0.144. The molecule has 2 N–H and O–H groups in total. The third-order valence-electron chi connectivity index (χ3n) is 2.18. The molecule has 0 aliphatic carbocycles. The first-order chi connectivity index (χ1) is 7.74. The number of hydrogen-bond acceptors (Lipinski definition) is 3. The van der Waals surface area contributed by atoms with Crippen molar-refractivity contribution in [2.75, 3.05) is 0 Å². The van der Waals surface area contributed by atoms with Gasteiger partial charge in [0, 0.05) is 0 Å². The van der Waals surface area contributed by atoms with Crippen molar-refractivity contribution in [3.05, 3.63) is 35.9 Å². The van der Waals surface area contributed by atoms with Gasteiger partial charge in [-0.25, -0.2) is 0 Å². The summed E-state index contributed by atoms with van der Waals surface area (Å²) in [6, 6.07) is 8.98. The number of hydroxylamine groups is 1. The molecule has 0 aliphatic heterocycles. The minimum Gasteiger partial charge on any atom is -0.480 e. The van der Waals surface area contributed by atoms with Gasteiger partial charge in [0.15, 0.2) is 0 Å². The second kappa shape index (κ2) is 6.98. The molecule has 0 saturated carbocycles. The lowest BCUT2D eigenvalue weighted by Gasteiger charge is -2.13. The lowest BCUT2D eigenvalue weighted by atomic mass is 10.2. The molecule has 0 spiro atoms. The molecule has 16 heavy (non-hydrogen) atoms. The Kier molecular flexibility index (Phi) is 5.53. The summed E-state index contributed by atoms with van der Waals surface area (Å²) in [6.07, 6.45) is 1.36. The van der Waals surface area contributed by atoms with Crippen LogP contribution in [0.1, 0.15) is 25.3 Å². The Bertz CT molecular complexity index is 313. The average Bonchev–Trinajstić information content (AvgIpc) is 2.29. The monoisotopic (exact) mass is 223 g/mol. The molecule has 0 radical (unpaired) electrons. The summed E-state index contributed by atoms with van der Waals surface area (Å²) in [6.45, 7) is 2.31. The zero-order valence-corrected chi connectivity index (χ0v) is 9.35. The van der Waals surface area contributed by atoms with E-state index in [0.29, 0.717) is 13.0 Å². The van der Waals surface area contributed by atoms with Crippen LogP contribution >= 0.6 is 0 Å². The van der Waals surface area contributed by atoms with Crippen molar-refractivity contribution in [3.8, 4) is 0 Å². The summed E-state index contributed by atoms with van der Waals surface area (Å²) >= 11 is 0. The van der Waals surface area contributed by atoms with E-state index in [4.69, 9.17) is 9.94 Å². The van der Waals surface area contributed by atoms with Crippen LogP contribution in [0.4, 0.5) is 0 Å². The van der Waals surface area contributed by atoms with Gasteiger partial charge >= 0.3 is 5.97 Å². The van der Waals surface area contributed by atoms with Crippen molar-refractivity contribution in [2.45, 2.75) is 32.4 Å². The van der Waals surface area contributed by atoms with Gasteiger partial charge in [0.1, 0.15) is 6.04 Å². The predicted octanol–water partition coefficient (Wildman–Crippen LogP) is 1.96. The summed E-state index contributed by atoms with van der Waals surface area (Å²) in [4.78, 5) is 16.0. The predicted molar refractivity (Wildman–Crippen MR) is 60.7 cm³/mol. The molecule has 0 aliphatic rings. The molecule has 0 heterocycles. The third-order valence-corrected chi connectivity index (χ3v) is 2.18. The van der Waals surface area contributed by atoms with Crippen LogP contribution in [-0.2, 0) is 16.2 Å². The quantitative estimate of drug-likeness (QED) is 0.694. The minimum atomic E-state index is -0.880. The Labute approximate surface area is 95.2 Å². The van der Waals surface area contributed by atoms with E-state index in [9.17, 15) is 4.79 Å². The maximum atomic E-state index is 10.8. The average molecular weight is 223 g/mol. The molecule has 1 aromatic rings. The summed E-state index contributed by atoms with van der Waals surface area (Å²) in [5.74, 6) is -0.880. The molecule has 0 aromatic heterocycles. The van der Waals surface area contributed by atoms with Crippen LogP contribution in [0.25, 0.3) is 0 Å². The maximum Gasteiger partial charge on any atom is 0.323 e. The first-order valence-corrected chi connectivity index (χ1v) is 5.38. The number of rotatable bonds is 7. The highest BCUT2D eigenvalue weighted by Crippen LogP contribution is 2.01. The van der Waals surface area contributed by atoms with Crippen LogP contribution in [0.15, 0.2) is 30.3 Å². The Morgan fingerprint density at radius 1 is 1.44 bits per heavy atom. The molecule has 0 saturated heterocycles. The zero-order valence-electron chi connectivity index (χ0n) is 9.35. The number of aliphatic carboxylic acids is 1. The molecule has 88 valence electrons. The molecule has 0 bridgehead atoms. The smallest absolute Gasteiger partial charge is 0.323 e. The SMILES string of the molecule is CCCC(NOCc1ccccc1)C(=O)O. The second-order valence-electron chi connectivity index (χ2n) is 3.57. The van der Waals surface area contributed by atoms with Crippen molar-refractivity contribution in [3.63, 3.8) is 0 Å². The Morgan fingerprint density at radius 2 is 2.12 bits per heavy atom. The van der Waals surface area contributed by atoms with Crippen LogP contribution in [0, 0.1) is 0 Å². The highest BCUT2D eigenvalue weighted by molar-refractivity contribution is 5.73. The highest BCUT2D eigenvalue weighted by atomic mass is 16.6. The highest BCUT2D eigenvalue weighted by Gasteiger charge is 2.15. The van der Waals surface area contributed by atoms with Crippen LogP contribution in [0.3, 0.4) is 0 Å². The van der Waals surface area contributed by atoms with Gasteiger partial charge in [0.05, 0.1) is 6.61 Å². The molecule has 0 fully saturated rings. The van der Waals surface area contributed by atoms with Crippen molar-refractivity contribution in [1.29, 1.82) is 0 Å². The second-order valence-corrected chi connectivity index (χ2v) is 3.57. The minimum absolute atomic E-state index is 0.369. The first-order valence-electron chi connectivity index (χ1n) is 5.38. The molecular formula is C12H17NO3. The van der Waals surface area contributed by atoms with E-state index < -0.39 is 12.0 Å². The molecule has 1 rings (SSSR count). The largest absolute Gasteiger partial charge is 0.480 e. The molecule has 0 amide bonds. The Morgan fingerprint density at radius 3 is 2.69 bits per heavy atom. The van der Waals surface area contributed by atoms with Gasteiger partial charge in [-0.15, -0.1) is 0 Å². The number of carboxylic acid groups (broad SMARTS) is 1. The zero-order chi connectivity index (χ0) is 11.8. The standard InChI is InChI=1S/C12H17NO3/c1-2-6-11(12(14)15)13-16-9-10-7-4-3-5-8-10/h3-5,7-8,11,13H,2,6,9H2,1H3,(H,14,15). The van der Waals surface area contributed by atoms with E-state index >= 15 is 0 Å². The first kappa shape index (κ1) is 12.7. The van der Waals surface area contributed by atoms with E-state index in [-0.39, 0.29) is 0 Å². The number of hydrogen-bond donors (Lipinski definition) is 2. The van der Waals surface area contributed by atoms with Crippen LogP contribution in [-0.4, -0.2) is 17.1 Å². The van der Waals surface area contributed by atoms with Crippen molar-refractivity contribution >= 4 is 5.97 Å². The van der Waals surface area contributed by atoms with E-state index in [1.165, 1.54) is 0 Å². The summed E-state index contributed by atoms with van der Waals surface area (Å²) < 4.78 is 0. The Hall–Kier alpha value is -1.39. The van der Waals surface area contributed by atoms with Gasteiger partial charge in [-0.3, -0.25) is 9.63 Å². The molecule has 1 atom stereocenters. The van der Waals surface area contributed by atoms with Gasteiger partial charge in [-0.1, -0.05) is 43.7 Å². The third kappa shape index (κ3) is 4.42. The molecular weight excluding hydrogens is 206 g/mol. The molecule has 1 unspecified atom stereocenters. The lowest BCUT2D eigenvalue weighted by Crippen LogP contribution is -2.36. The van der Waals surface area contributed by atoms with Crippen molar-refractivity contribution in [2.24, 2.45) is 0 Å². The van der Waals surface area contributed by atoms with Gasteiger partial charge in [-0.05, 0) is 12.0 Å². The number of benzene rings is 1. The summed E-state index contributed by atoms with van der Waals surface area (Å²) in [7, 11) is 0. The van der Waals surface area contributed by atoms with Crippen molar-refractivity contribution in [1.82, 2.24) is 5.48 Å². The molecule has 4 heteroatoms. The Balaban J connectivity index is 2.31. The summed E-state index contributed by atoms with van der Waals surface area (Å²) in [5.41, 5.74) is 3.58.